The zero-order chi connectivity index (χ0) is 14.5. The fraction of sp³-hybridized carbons (Fsp3) is 0.562. The van der Waals surface area contributed by atoms with Crippen LogP contribution < -0.4 is 5.32 Å². The maximum atomic E-state index is 4.47. The molecule has 0 radical (unpaired) electrons. The number of hydrogen-bond donors (Lipinski definition) is 1. The molecule has 0 amide bonds. The van der Waals surface area contributed by atoms with E-state index >= 15 is 0 Å². The van der Waals surface area contributed by atoms with Crippen LogP contribution in [0.3, 0.4) is 0 Å². The van der Waals surface area contributed by atoms with Gasteiger partial charge in [0.05, 0.1) is 6.54 Å². The number of nitrogens with one attached hydrogen (secondary N) is 1. The molecule has 5 heteroatoms. The quantitative estimate of drug-likeness (QED) is 0.769. The third-order valence-electron chi connectivity index (χ3n) is 3.92. The number of halogens is 1. The molecular weight excluding hydrogens is 375 g/mol. The number of aliphatic imine (C=N–C) groups is 1. The lowest BCUT2D eigenvalue weighted by atomic mass is 10.1. The van der Waals surface area contributed by atoms with Crippen LogP contribution in [-0.4, -0.2) is 49.0 Å². The van der Waals surface area contributed by atoms with Crippen molar-refractivity contribution >= 4 is 29.9 Å². The highest BCUT2D eigenvalue weighted by atomic mass is 127. The summed E-state index contributed by atoms with van der Waals surface area (Å²) in [7, 11) is 4.25. The summed E-state index contributed by atoms with van der Waals surface area (Å²) in [5.41, 5.74) is 2.74. The molecule has 21 heavy (non-hydrogen) atoms. The zero-order valence-corrected chi connectivity index (χ0v) is 15.8. The van der Waals surface area contributed by atoms with E-state index in [1.54, 1.807) is 0 Å². The molecular formula is C16H27IN4. The van der Waals surface area contributed by atoms with Crippen molar-refractivity contribution in [2.24, 2.45) is 4.99 Å². The van der Waals surface area contributed by atoms with Gasteiger partial charge in [-0.2, -0.15) is 0 Å². The molecule has 4 nitrogen and oxygen atoms in total. The van der Waals surface area contributed by atoms with Crippen molar-refractivity contribution in [1.82, 2.24) is 15.1 Å². The second kappa shape index (κ2) is 8.58. The van der Waals surface area contributed by atoms with E-state index in [0.29, 0.717) is 6.04 Å². The normalized spacial score (nSPS) is 14.4. The third kappa shape index (κ3) is 5.14. The van der Waals surface area contributed by atoms with Gasteiger partial charge in [-0.25, -0.2) is 0 Å². The Morgan fingerprint density at radius 2 is 1.95 bits per heavy atom. The van der Waals surface area contributed by atoms with E-state index in [-0.39, 0.29) is 24.0 Å². The zero-order valence-electron chi connectivity index (χ0n) is 13.5. The van der Waals surface area contributed by atoms with Crippen LogP contribution in [0.2, 0.25) is 0 Å². The van der Waals surface area contributed by atoms with E-state index in [1.165, 1.54) is 11.1 Å². The molecule has 0 spiro atoms. The molecule has 1 heterocycles. The van der Waals surface area contributed by atoms with Crippen molar-refractivity contribution in [3.05, 3.63) is 35.4 Å². The van der Waals surface area contributed by atoms with Crippen molar-refractivity contribution in [2.75, 3.05) is 27.2 Å². The molecule has 0 saturated carbocycles. The lowest BCUT2D eigenvalue weighted by Gasteiger charge is -2.23. The Morgan fingerprint density at radius 3 is 2.52 bits per heavy atom. The summed E-state index contributed by atoms with van der Waals surface area (Å²) >= 11 is 0. The molecule has 0 saturated heterocycles. The van der Waals surface area contributed by atoms with Gasteiger partial charge in [0.15, 0.2) is 5.96 Å². The molecule has 0 aromatic heterocycles. The van der Waals surface area contributed by atoms with Crippen molar-refractivity contribution in [1.29, 1.82) is 0 Å². The summed E-state index contributed by atoms with van der Waals surface area (Å²) < 4.78 is 0. The minimum Gasteiger partial charge on any atom is -0.352 e. The van der Waals surface area contributed by atoms with E-state index in [0.717, 1.165) is 32.1 Å². The molecule has 2 rings (SSSR count). The van der Waals surface area contributed by atoms with Gasteiger partial charge in [-0.05, 0) is 32.0 Å². The monoisotopic (exact) mass is 402 g/mol. The topological polar surface area (TPSA) is 30.9 Å². The van der Waals surface area contributed by atoms with Gasteiger partial charge < -0.3 is 10.2 Å². The van der Waals surface area contributed by atoms with Gasteiger partial charge in [-0.1, -0.05) is 24.3 Å². The predicted molar refractivity (Wildman–Crippen MR) is 100 cm³/mol. The number of guanidine groups is 1. The van der Waals surface area contributed by atoms with Gasteiger partial charge in [-0.15, -0.1) is 24.0 Å². The summed E-state index contributed by atoms with van der Waals surface area (Å²) in [6, 6.07) is 9.20. The number of hydrogen-bond acceptors (Lipinski definition) is 4. The first-order valence-corrected chi connectivity index (χ1v) is 7.34. The second-order valence-corrected chi connectivity index (χ2v) is 5.76. The first-order valence-electron chi connectivity index (χ1n) is 7.34. The Morgan fingerprint density at radius 1 is 1.29 bits per heavy atom. The van der Waals surface area contributed by atoms with Gasteiger partial charge in [0.25, 0.3) is 0 Å². The first kappa shape index (κ1) is 18.2. The van der Waals surface area contributed by atoms with Crippen LogP contribution in [0.1, 0.15) is 25.0 Å². The Labute approximate surface area is 145 Å². The number of nitrogens with zero attached hydrogens (tertiary/aromatic N) is 3. The average Bonchev–Trinajstić information content (AvgIpc) is 2.83. The lowest BCUT2D eigenvalue weighted by molar-refractivity contribution is 0.265. The van der Waals surface area contributed by atoms with Crippen LogP contribution in [0.25, 0.3) is 0 Å². The van der Waals surface area contributed by atoms with Crippen LogP contribution in [0, 0.1) is 0 Å². The minimum atomic E-state index is 0. The van der Waals surface area contributed by atoms with Crippen LogP contribution in [0.15, 0.2) is 29.3 Å². The molecule has 0 bridgehead atoms. The fourth-order valence-corrected chi connectivity index (χ4v) is 2.23. The van der Waals surface area contributed by atoms with E-state index in [2.05, 4.69) is 72.3 Å². The molecule has 1 aliphatic heterocycles. The SMILES string of the molecule is CC(C)N(C)Cc1ccccc1CNC1=NCCN1C.I. The third-order valence-corrected chi connectivity index (χ3v) is 3.92. The fourth-order valence-electron chi connectivity index (χ4n) is 2.23. The van der Waals surface area contributed by atoms with Crippen LogP contribution in [-0.2, 0) is 13.1 Å². The molecule has 0 unspecified atom stereocenters. The molecule has 0 atom stereocenters. The van der Waals surface area contributed by atoms with E-state index < -0.39 is 0 Å². The smallest absolute Gasteiger partial charge is 0.194 e. The standard InChI is InChI=1S/C16H26N4.HI/c1-13(2)20(4)12-15-8-6-5-7-14(15)11-18-16-17-9-10-19(16)3;/h5-8,13H,9-12H2,1-4H3,(H,17,18);1H. The van der Waals surface area contributed by atoms with E-state index in [9.17, 15) is 0 Å². The van der Waals surface area contributed by atoms with Gasteiger partial charge in [0.1, 0.15) is 0 Å². The molecule has 1 N–H and O–H groups in total. The van der Waals surface area contributed by atoms with Crippen molar-refractivity contribution in [3.8, 4) is 0 Å². The van der Waals surface area contributed by atoms with Crippen molar-refractivity contribution in [2.45, 2.75) is 33.0 Å². The number of likely N-dealkylation sites (N-methyl/N-ethyl adjacent to an activating group) is 1. The summed E-state index contributed by atoms with van der Waals surface area (Å²) in [5.74, 6) is 1.01. The van der Waals surface area contributed by atoms with Crippen LogP contribution in [0.4, 0.5) is 0 Å². The molecule has 118 valence electrons. The first-order chi connectivity index (χ1) is 9.58. The van der Waals surface area contributed by atoms with Crippen LogP contribution in [0.5, 0.6) is 0 Å². The average molecular weight is 402 g/mol. The van der Waals surface area contributed by atoms with Crippen molar-refractivity contribution in [3.63, 3.8) is 0 Å². The van der Waals surface area contributed by atoms with Gasteiger partial charge in [0.2, 0.25) is 0 Å². The summed E-state index contributed by atoms with van der Waals surface area (Å²) in [5, 5.41) is 3.45. The molecule has 0 aliphatic carbocycles. The Hall–Kier alpha value is -0.820. The second-order valence-electron chi connectivity index (χ2n) is 5.76. The largest absolute Gasteiger partial charge is 0.352 e. The van der Waals surface area contributed by atoms with Crippen LogP contribution >= 0.6 is 24.0 Å². The molecule has 1 aromatic carbocycles. The Balaban J connectivity index is 0.00000220. The maximum Gasteiger partial charge on any atom is 0.194 e. The summed E-state index contributed by atoms with van der Waals surface area (Å²) in [6.45, 7) is 8.19. The van der Waals surface area contributed by atoms with Gasteiger partial charge >= 0.3 is 0 Å². The highest BCUT2D eigenvalue weighted by molar-refractivity contribution is 14.0. The molecule has 1 aromatic rings. The number of benzene rings is 1. The highest BCUT2D eigenvalue weighted by Crippen LogP contribution is 2.12. The molecule has 1 aliphatic rings. The van der Waals surface area contributed by atoms with Gasteiger partial charge in [0, 0.05) is 32.7 Å². The molecule has 0 fully saturated rings. The lowest BCUT2D eigenvalue weighted by Crippen LogP contribution is -2.35. The van der Waals surface area contributed by atoms with E-state index in [4.69, 9.17) is 0 Å². The highest BCUT2D eigenvalue weighted by Gasteiger charge is 2.13. The van der Waals surface area contributed by atoms with Gasteiger partial charge in [-0.3, -0.25) is 9.89 Å². The Kier molecular flexibility index (Phi) is 7.45. The minimum absolute atomic E-state index is 0. The predicted octanol–water partition coefficient (Wildman–Crippen LogP) is 2.54. The summed E-state index contributed by atoms with van der Waals surface area (Å²) in [4.78, 5) is 9.00. The Bertz CT molecular complexity index is 473. The maximum absolute atomic E-state index is 4.47. The number of rotatable bonds is 5. The van der Waals surface area contributed by atoms with Crippen molar-refractivity contribution < 1.29 is 0 Å². The summed E-state index contributed by atoms with van der Waals surface area (Å²) in [6.07, 6.45) is 0. The van der Waals surface area contributed by atoms with E-state index in [1.807, 2.05) is 0 Å².